The van der Waals surface area contributed by atoms with E-state index in [-0.39, 0.29) is 11.7 Å². The second kappa shape index (κ2) is 6.74. The van der Waals surface area contributed by atoms with Gasteiger partial charge in [0, 0.05) is 19.2 Å². The standard InChI is InChI=1S/C16H23N3O2/c1-12-14(19(4)17-16(12)20)15(21-11-10-18(2)3)13-8-6-5-7-9-13/h5-9,15H,10-11H2,1-4H3,(H,17,20). The second-order valence-electron chi connectivity index (χ2n) is 5.47. The summed E-state index contributed by atoms with van der Waals surface area (Å²) in [4.78, 5) is 13.9. The summed E-state index contributed by atoms with van der Waals surface area (Å²) in [6, 6.07) is 9.99. The van der Waals surface area contributed by atoms with E-state index < -0.39 is 0 Å². The fourth-order valence-electron chi connectivity index (χ4n) is 2.35. The Morgan fingerprint density at radius 3 is 2.48 bits per heavy atom. The van der Waals surface area contributed by atoms with Crippen LogP contribution in [0.4, 0.5) is 0 Å². The van der Waals surface area contributed by atoms with E-state index in [0.29, 0.717) is 12.2 Å². The average molecular weight is 289 g/mol. The van der Waals surface area contributed by atoms with Crippen LogP contribution in [-0.4, -0.2) is 41.9 Å². The molecule has 2 rings (SSSR count). The van der Waals surface area contributed by atoms with Crippen molar-refractivity contribution in [3.8, 4) is 0 Å². The Kier molecular flexibility index (Phi) is 4.98. The number of nitrogens with one attached hydrogen (secondary N) is 1. The fraction of sp³-hybridized carbons (Fsp3) is 0.438. The number of H-pyrrole nitrogens is 1. The van der Waals surface area contributed by atoms with Crippen molar-refractivity contribution in [2.24, 2.45) is 7.05 Å². The second-order valence-corrected chi connectivity index (χ2v) is 5.47. The van der Waals surface area contributed by atoms with Crippen LogP contribution in [0.2, 0.25) is 0 Å². The third-order valence-corrected chi connectivity index (χ3v) is 3.53. The Labute approximate surface area is 125 Å². The lowest BCUT2D eigenvalue weighted by atomic mass is 10.0. The van der Waals surface area contributed by atoms with Gasteiger partial charge in [0.2, 0.25) is 0 Å². The summed E-state index contributed by atoms with van der Waals surface area (Å²) in [6.07, 6.45) is -0.241. The van der Waals surface area contributed by atoms with Crippen molar-refractivity contribution in [3.63, 3.8) is 0 Å². The minimum absolute atomic E-state index is 0.0651. The molecule has 2 aromatic rings. The van der Waals surface area contributed by atoms with Crippen LogP contribution in [0.5, 0.6) is 0 Å². The predicted octanol–water partition coefficient (Wildman–Crippen LogP) is 1.69. The SMILES string of the molecule is Cc1c(C(OCCN(C)C)c2ccccc2)n(C)[nH]c1=O. The maximum Gasteiger partial charge on any atom is 0.267 e. The Morgan fingerprint density at radius 1 is 1.29 bits per heavy atom. The highest BCUT2D eigenvalue weighted by molar-refractivity contribution is 5.30. The van der Waals surface area contributed by atoms with Gasteiger partial charge in [0.05, 0.1) is 12.3 Å². The maximum atomic E-state index is 11.8. The third kappa shape index (κ3) is 3.62. The molecule has 1 heterocycles. The van der Waals surface area contributed by atoms with Crippen LogP contribution in [0, 0.1) is 6.92 Å². The molecule has 0 radical (unpaired) electrons. The van der Waals surface area contributed by atoms with E-state index in [0.717, 1.165) is 17.8 Å². The van der Waals surface area contributed by atoms with Gasteiger partial charge in [-0.05, 0) is 26.6 Å². The molecule has 0 bridgehead atoms. The number of aromatic nitrogens is 2. The Bertz CT molecular complexity index is 629. The smallest absolute Gasteiger partial charge is 0.267 e. The summed E-state index contributed by atoms with van der Waals surface area (Å²) in [5, 5.41) is 2.80. The maximum absolute atomic E-state index is 11.8. The van der Waals surface area contributed by atoms with Crippen molar-refractivity contribution in [1.29, 1.82) is 0 Å². The highest BCUT2D eigenvalue weighted by Gasteiger charge is 2.22. The number of rotatable bonds is 6. The van der Waals surface area contributed by atoms with Crippen LogP contribution < -0.4 is 5.56 Å². The van der Waals surface area contributed by atoms with Crippen LogP contribution in [0.1, 0.15) is 22.9 Å². The Morgan fingerprint density at radius 2 is 1.95 bits per heavy atom. The van der Waals surface area contributed by atoms with Crippen molar-refractivity contribution in [2.45, 2.75) is 13.0 Å². The predicted molar refractivity (Wildman–Crippen MR) is 83.6 cm³/mol. The summed E-state index contributed by atoms with van der Waals surface area (Å²) >= 11 is 0. The first kappa shape index (κ1) is 15.5. The molecule has 0 amide bonds. The van der Waals surface area contributed by atoms with E-state index >= 15 is 0 Å². The molecule has 1 aromatic carbocycles. The van der Waals surface area contributed by atoms with Crippen molar-refractivity contribution in [3.05, 3.63) is 57.5 Å². The summed E-state index contributed by atoms with van der Waals surface area (Å²) in [5.41, 5.74) is 2.57. The van der Waals surface area contributed by atoms with Gasteiger partial charge >= 0.3 is 0 Å². The summed E-state index contributed by atoms with van der Waals surface area (Å²) in [7, 11) is 5.87. The quantitative estimate of drug-likeness (QED) is 0.880. The highest BCUT2D eigenvalue weighted by atomic mass is 16.5. The van der Waals surface area contributed by atoms with Crippen molar-refractivity contribution in [1.82, 2.24) is 14.7 Å². The first-order valence-corrected chi connectivity index (χ1v) is 7.07. The zero-order valence-corrected chi connectivity index (χ0v) is 13.1. The average Bonchev–Trinajstić information content (AvgIpc) is 2.70. The van der Waals surface area contributed by atoms with Gasteiger partial charge in [0.1, 0.15) is 6.10 Å². The summed E-state index contributed by atoms with van der Waals surface area (Å²) < 4.78 is 7.83. The molecule has 1 unspecified atom stereocenters. The number of benzene rings is 1. The van der Waals surface area contributed by atoms with E-state index in [1.165, 1.54) is 0 Å². The van der Waals surface area contributed by atoms with E-state index in [1.54, 1.807) is 4.68 Å². The van der Waals surface area contributed by atoms with Gasteiger partial charge in [-0.2, -0.15) is 0 Å². The molecular weight excluding hydrogens is 266 g/mol. The van der Waals surface area contributed by atoms with Crippen molar-refractivity contribution >= 4 is 0 Å². The minimum atomic E-state index is -0.241. The monoisotopic (exact) mass is 289 g/mol. The molecule has 0 saturated carbocycles. The number of nitrogens with zero attached hydrogens (tertiary/aromatic N) is 2. The normalized spacial score (nSPS) is 12.8. The molecular formula is C16H23N3O2. The zero-order valence-electron chi connectivity index (χ0n) is 13.1. The molecule has 5 nitrogen and oxygen atoms in total. The van der Waals surface area contributed by atoms with Crippen molar-refractivity contribution in [2.75, 3.05) is 27.2 Å². The molecule has 21 heavy (non-hydrogen) atoms. The van der Waals surface area contributed by atoms with Crippen molar-refractivity contribution < 1.29 is 4.74 Å². The summed E-state index contributed by atoms with van der Waals surface area (Å²) in [5.74, 6) is 0. The Hall–Kier alpha value is -1.85. The molecule has 0 saturated heterocycles. The summed E-state index contributed by atoms with van der Waals surface area (Å²) in [6.45, 7) is 3.27. The molecule has 0 aliphatic heterocycles. The lowest BCUT2D eigenvalue weighted by Gasteiger charge is -2.21. The first-order valence-electron chi connectivity index (χ1n) is 7.07. The van der Waals surface area contributed by atoms with Gasteiger partial charge in [-0.15, -0.1) is 0 Å². The Balaban J connectivity index is 2.34. The van der Waals surface area contributed by atoms with Crippen LogP contribution in [0.25, 0.3) is 0 Å². The molecule has 0 aliphatic carbocycles. The van der Waals surface area contributed by atoms with E-state index in [1.807, 2.05) is 58.4 Å². The number of hydrogen-bond donors (Lipinski definition) is 1. The van der Waals surface area contributed by atoms with Gasteiger partial charge in [-0.1, -0.05) is 30.3 Å². The third-order valence-electron chi connectivity index (χ3n) is 3.53. The van der Waals surface area contributed by atoms with Gasteiger partial charge in [-0.25, -0.2) is 0 Å². The first-order chi connectivity index (χ1) is 10.0. The molecule has 0 fully saturated rings. The van der Waals surface area contributed by atoms with E-state index in [4.69, 9.17) is 4.74 Å². The lowest BCUT2D eigenvalue weighted by Crippen LogP contribution is -2.21. The van der Waals surface area contributed by atoms with Gasteiger partial charge in [0.25, 0.3) is 5.56 Å². The number of ether oxygens (including phenoxy) is 1. The molecule has 1 N–H and O–H groups in total. The number of aromatic amines is 1. The van der Waals surface area contributed by atoms with Crippen LogP contribution in [0.15, 0.2) is 35.1 Å². The molecule has 0 spiro atoms. The largest absolute Gasteiger partial charge is 0.366 e. The topological polar surface area (TPSA) is 50.3 Å². The molecule has 1 atom stereocenters. The lowest BCUT2D eigenvalue weighted by molar-refractivity contribution is 0.0635. The molecule has 1 aromatic heterocycles. The van der Waals surface area contributed by atoms with Gasteiger partial charge in [-0.3, -0.25) is 14.6 Å². The number of hydrogen-bond acceptors (Lipinski definition) is 3. The number of aryl methyl sites for hydroxylation is 1. The molecule has 114 valence electrons. The van der Waals surface area contributed by atoms with Crippen LogP contribution in [-0.2, 0) is 11.8 Å². The zero-order chi connectivity index (χ0) is 15.4. The van der Waals surface area contributed by atoms with Gasteiger partial charge in [0.15, 0.2) is 0 Å². The van der Waals surface area contributed by atoms with E-state index in [9.17, 15) is 4.79 Å². The number of likely N-dealkylation sites (N-methyl/N-ethyl adjacent to an activating group) is 1. The minimum Gasteiger partial charge on any atom is -0.366 e. The van der Waals surface area contributed by atoms with Crippen LogP contribution >= 0.6 is 0 Å². The molecule has 5 heteroatoms. The fourth-order valence-corrected chi connectivity index (χ4v) is 2.35. The molecule has 0 aliphatic rings. The van der Waals surface area contributed by atoms with E-state index in [2.05, 4.69) is 10.00 Å². The highest BCUT2D eigenvalue weighted by Crippen LogP contribution is 2.26. The van der Waals surface area contributed by atoms with Gasteiger partial charge < -0.3 is 9.64 Å². The van der Waals surface area contributed by atoms with Crippen LogP contribution in [0.3, 0.4) is 0 Å².